The second-order valence-corrected chi connectivity index (χ2v) is 3.13. The normalized spacial score (nSPS) is 25.8. The Morgan fingerprint density at radius 1 is 1.57 bits per heavy atom. The summed E-state index contributed by atoms with van der Waals surface area (Å²) in [5.41, 5.74) is 4.86. The van der Waals surface area contributed by atoms with E-state index in [0.29, 0.717) is 5.56 Å². The Kier molecular flexibility index (Phi) is 1.73. The van der Waals surface area contributed by atoms with Gasteiger partial charge in [-0.1, -0.05) is 6.07 Å². The zero-order valence-electron chi connectivity index (χ0n) is 7.60. The lowest BCUT2D eigenvalue weighted by molar-refractivity contribution is -0.130. The van der Waals surface area contributed by atoms with Crippen molar-refractivity contribution in [1.82, 2.24) is 4.98 Å². The van der Waals surface area contributed by atoms with Crippen LogP contribution < -0.4 is 5.73 Å². The molecule has 2 N–H and O–H groups in total. The molecule has 1 aliphatic rings. The molecule has 1 amide bonds. The topological polar surface area (TPSA) is 77.6 Å². The van der Waals surface area contributed by atoms with E-state index in [4.69, 9.17) is 10.5 Å². The molecule has 0 aromatic carbocycles. The molecule has 0 aliphatic carbocycles. The molecule has 0 saturated carbocycles. The lowest BCUT2D eigenvalue weighted by Crippen LogP contribution is -2.32. The van der Waals surface area contributed by atoms with E-state index in [-0.39, 0.29) is 6.02 Å². The Hall–Kier alpha value is -1.91. The molecule has 2 rings (SSSR count). The zero-order chi connectivity index (χ0) is 10.2. The molecule has 0 spiro atoms. The van der Waals surface area contributed by atoms with Gasteiger partial charge in [0.25, 0.3) is 11.9 Å². The molecule has 1 unspecified atom stereocenters. The summed E-state index contributed by atoms with van der Waals surface area (Å²) in [4.78, 5) is 18.9. The zero-order valence-corrected chi connectivity index (χ0v) is 7.60. The minimum atomic E-state index is -1.11. The standard InChI is InChI=1S/C9H9N3O2/c1-9(6-3-2-4-11-5-6)7(13)12-8(10)14-9/h2-5H,1H3,(H2,10,12,13). The number of aliphatic imine (C=N–C) groups is 1. The number of nitrogens with two attached hydrogens (primary N) is 1. The third-order valence-corrected chi connectivity index (χ3v) is 2.14. The smallest absolute Gasteiger partial charge is 0.298 e. The van der Waals surface area contributed by atoms with Gasteiger partial charge in [0.1, 0.15) is 0 Å². The van der Waals surface area contributed by atoms with Crippen molar-refractivity contribution in [3.63, 3.8) is 0 Å². The minimum Gasteiger partial charge on any atom is -0.444 e. The fraction of sp³-hybridized carbons (Fsp3) is 0.222. The third-order valence-electron chi connectivity index (χ3n) is 2.14. The fourth-order valence-electron chi connectivity index (χ4n) is 1.31. The summed E-state index contributed by atoms with van der Waals surface area (Å²) in [6, 6.07) is 3.38. The molecule has 72 valence electrons. The van der Waals surface area contributed by atoms with E-state index >= 15 is 0 Å². The van der Waals surface area contributed by atoms with Crippen LogP contribution in [0.4, 0.5) is 0 Å². The number of ether oxygens (including phenoxy) is 1. The number of nitrogens with zero attached hydrogens (tertiary/aromatic N) is 2. The van der Waals surface area contributed by atoms with Crippen molar-refractivity contribution in [3.05, 3.63) is 30.1 Å². The van der Waals surface area contributed by atoms with Crippen LogP contribution in [0, 0.1) is 0 Å². The molecule has 0 fully saturated rings. The van der Waals surface area contributed by atoms with Gasteiger partial charge in [0, 0.05) is 18.0 Å². The van der Waals surface area contributed by atoms with Crippen LogP contribution in [0.15, 0.2) is 29.5 Å². The Morgan fingerprint density at radius 2 is 2.36 bits per heavy atom. The highest BCUT2D eigenvalue weighted by Gasteiger charge is 2.43. The van der Waals surface area contributed by atoms with Crippen molar-refractivity contribution in [2.24, 2.45) is 10.7 Å². The highest BCUT2D eigenvalue weighted by molar-refractivity contribution is 6.00. The van der Waals surface area contributed by atoms with E-state index in [1.807, 2.05) is 0 Å². The van der Waals surface area contributed by atoms with Gasteiger partial charge in [-0.3, -0.25) is 9.78 Å². The fourth-order valence-corrected chi connectivity index (χ4v) is 1.31. The Balaban J connectivity index is 2.41. The molecule has 1 aliphatic heterocycles. The summed E-state index contributed by atoms with van der Waals surface area (Å²) in [7, 11) is 0. The lowest BCUT2D eigenvalue weighted by Gasteiger charge is -2.20. The number of hydrogen-bond acceptors (Lipinski definition) is 4. The number of rotatable bonds is 1. The Bertz CT molecular complexity index is 402. The molecule has 0 saturated heterocycles. The van der Waals surface area contributed by atoms with E-state index in [0.717, 1.165) is 0 Å². The van der Waals surface area contributed by atoms with Gasteiger partial charge in [-0.05, 0) is 13.0 Å². The largest absolute Gasteiger partial charge is 0.444 e. The molecule has 5 heteroatoms. The predicted molar refractivity (Wildman–Crippen MR) is 49.3 cm³/mol. The molecular formula is C9H9N3O2. The van der Waals surface area contributed by atoms with Crippen LogP contribution in [-0.4, -0.2) is 16.9 Å². The minimum absolute atomic E-state index is 0.0960. The SMILES string of the molecule is CC1(c2cccnc2)OC(N)=NC1=O. The number of hydrogen-bond donors (Lipinski definition) is 1. The van der Waals surface area contributed by atoms with Gasteiger partial charge in [-0.2, -0.15) is 4.99 Å². The van der Waals surface area contributed by atoms with Crippen LogP contribution in [0.1, 0.15) is 12.5 Å². The van der Waals surface area contributed by atoms with Crippen molar-refractivity contribution in [2.75, 3.05) is 0 Å². The average molecular weight is 191 g/mol. The van der Waals surface area contributed by atoms with Gasteiger partial charge in [0.15, 0.2) is 0 Å². The van der Waals surface area contributed by atoms with Crippen LogP contribution in [0.5, 0.6) is 0 Å². The lowest BCUT2D eigenvalue weighted by atomic mass is 9.97. The summed E-state index contributed by atoms with van der Waals surface area (Å²) < 4.78 is 5.19. The molecule has 14 heavy (non-hydrogen) atoms. The molecule has 2 heterocycles. The van der Waals surface area contributed by atoms with Crippen molar-refractivity contribution in [1.29, 1.82) is 0 Å². The summed E-state index contributed by atoms with van der Waals surface area (Å²) in [5, 5.41) is 0. The maximum atomic E-state index is 11.5. The van der Waals surface area contributed by atoms with E-state index in [1.54, 1.807) is 31.5 Å². The quantitative estimate of drug-likeness (QED) is 0.686. The van der Waals surface area contributed by atoms with Crippen molar-refractivity contribution < 1.29 is 9.53 Å². The molecule has 1 aromatic rings. The highest BCUT2D eigenvalue weighted by atomic mass is 16.5. The molecular weight excluding hydrogens is 182 g/mol. The second-order valence-electron chi connectivity index (χ2n) is 3.13. The van der Waals surface area contributed by atoms with Gasteiger partial charge in [-0.25, -0.2) is 0 Å². The Morgan fingerprint density at radius 3 is 2.86 bits per heavy atom. The first kappa shape index (κ1) is 8.68. The highest BCUT2D eigenvalue weighted by Crippen LogP contribution is 2.29. The van der Waals surface area contributed by atoms with Gasteiger partial charge < -0.3 is 10.5 Å². The summed E-state index contributed by atoms with van der Waals surface area (Å²) in [6.45, 7) is 1.62. The predicted octanol–water partition coefficient (Wildman–Crippen LogP) is 0.168. The summed E-state index contributed by atoms with van der Waals surface area (Å²) in [5.74, 6) is -0.400. The maximum absolute atomic E-state index is 11.5. The van der Waals surface area contributed by atoms with Crippen molar-refractivity contribution in [3.8, 4) is 0 Å². The molecule has 1 atom stereocenters. The monoisotopic (exact) mass is 191 g/mol. The van der Waals surface area contributed by atoms with Gasteiger partial charge in [-0.15, -0.1) is 0 Å². The first-order valence-corrected chi connectivity index (χ1v) is 4.11. The maximum Gasteiger partial charge on any atom is 0.298 e. The van der Waals surface area contributed by atoms with E-state index in [9.17, 15) is 4.79 Å². The Labute approximate surface area is 80.6 Å². The molecule has 5 nitrogen and oxygen atoms in total. The van der Waals surface area contributed by atoms with Crippen LogP contribution in [0.3, 0.4) is 0 Å². The van der Waals surface area contributed by atoms with E-state index in [2.05, 4.69) is 9.98 Å². The molecule has 0 bridgehead atoms. The van der Waals surface area contributed by atoms with E-state index in [1.165, 1.54) is 0 Å². The van der Waals surface area contributed by atoms with Crippen LogP contribution in [-0.2, 0) is 15.1 Å². The number of carbonyl (C=O) groups excluding carboxylic acids is 1. The summed E-state index contributed by atoms with van der Waals surface area (Å²) >= 11 is 0. The van der Waals surface area contributed by atoms with Crippen LogP contribution >= 0.6 is 0 Å². The van der Waals surface area contributed by atoms with Gasteiger partial charge in [0.2, 0.25) is 5.60 Å². The van der Waals surface area contributed by atoms with Crippen LogP contribution in [0.25, 0.3) is 0 Å². The first-order valence-electron chi connectivity index (χ1n) is 4.11. The van der Waals surface area contributed by atoms with Gasteiger partial charge in [0.05, 0.1) is 0 Å². The van der Waals surface area contributed by atoms with Gasteiger partial charge >= 0.3 is 0 Å². The van der Waals surface area contributed by atoms with Crippen molar-refractivity contribution in [2.45, 2.75) is 12.5 Å². The molecule has 0 radical (unpaired) electrons. The number of aromatic nitrogens is 1. The second kappa shape index (κ2) is 2.80. The molecule has 1 aromatic heterocycles. The summed E-state index contributed by atoms with van der Waals surface area (Å²) in [6.07, 6.45) is 3.18. The van der Waals surface area contributed by atoms with Crippen LogP contribution in [0.2, 0.25) is 0 Å². The average Bonchev–Trinajstić information content (AvgIpc) is 2.43. The number of amides is 1. The number of amidine groups is 1. The first-order chi connectivity index (χ1) is 6.63. The number of carbonyl (C=O) groups is 1. The third kappa shape index (κ3) is 1.14. The van der Waals surface area contributed by atoms with Crippen molar-refractivity contribution >= 4 is 11.9 Å². The number of pyridine rings is 1. The van der Waals surface area contributed by atoms with E-state index < -0.39 is 11.5 Å².